The smallest absolute Gasteiger partial charge is 0.338 e. The first kappa shape index (κ1) is 35.5. The average Bonchev–Trinajstić information content (AvgIpc) is 3.39. The summed E-state index contributed by atoms with van der Waals surface area (Å²) in [6, 6.07) is 6.62. The lowest BCUT2D eigenvalue weighted by Gasteiger charge is -2.52. The van der Waals surface area contributed by atoms with E-state index in [1.54, 1.807) is 25.1 Å². The highest BCUT2D eigenvalue weighted by Crippen LogP contribution is 2.54. The number of likely N-dealkylation sites (N-methyl/N-ethyl adjacent to an activating group) is 1. The minimum absolute atomic E-state index is 0.0720. The first-order chi connectivity index (χ1) is 23.7. The van der Waals surface area contributed by atoms with E-state index >= 15 is 0 Å². The van der Waals surface area contributed by atoms with Crippen LogP contribution < -0.4 is 16.0 Å². The molecular weight excluding hydrogens is 680 g/mol. The fourth-order valence-corrected chi connectivity index (χ4v) is 7.68. The number of carbonyl (C=O) groups is 8. The van der Waals surface area contributed by atoms with Gasteiger partial charge < -0.3 is 45.8 Å². The van der Waals surface area contributed by atoms with E-state index in [1.807, 2.05) is 0 Å². The lowest BCUT2D eigenvalue weighted by Crippen LogP contribution is -2.85. The summed E-state index contributed by atoms with van der Waals surface area (Å²) in [7, 11) is 0. The molecule has 7 amide bonds. The van der Waals surface area contributed by atoms with Crippen molar-refractivity contribution >= 4 is 59.8 Å². The first-order valence-electron chi connectivity index (χ1n) is 15.1. The topological polar surface area (TPSA) is 252 Å². The number of fused-ring (bicyclic) bond motifs is 1. The van der Waals surface area contributed by atoms with Crippen LogP contribution in [0, 0.1) is 0 Å². The predicted molar refractivity (Wildman–Crippen MR) is 170 cm³/mol. The number of ether oxygens (including phenoxy) is 1. The third-order valence-electron chi connectivity index (χ3n) is 8.57. The summed E-state index contributed by atoms with van der Waals surface area (Å²) in [5, 5.41) is 35.3. The molecule has 18 nitrogen and oxygen atoms in total. The van der Waals surface area contributed by atoms with Crippen molar-refractivity contribution < 1.29 is 58.4 Å². The van der Waals surface area contributed by atoms with Gasteiger partial charge in [0.15, 0.2) is 11.5 Å². The molecule has 0 saturated carbocycles. The number of piperazine rings is 1. The molecule has 3 fully saturated rings. The number of phenols is 2. The number of hydrogen-bond donors (Lipinski definition) is 6. The van der Waals surface area contributed by atoms with Gasteiger partial charge in [-0.2, -0.15) is 0 Å². The van der Waals surface area contributed by atoms with Gasteiger partial charge in [-0.1, -0.05) is 30.3 Å². The zero-order valence-electron chi connectivity index (χ0n) is 26.5. The van der Waals surface area contributed by atoms with Crippen LogP contribution in [0.3, 0.4) is 0 Å². The molecule has 2 aromatic rings. The quantitative estimate of drug-likeness (QED) is 0.0412. The van der Waals surface area contributed by atoms with Crippen molar-refractivity contribution in [1.82, 2.24) is 30.7 Å². The molecule has 3 aliphatic rings. The van der Waals surface area contributed by atoms with Crippen LogP contribution in [-0.2, 0) is 33.5 Å². The van der Waals surface area contributed by atoms with Crippen molar-refractivity contribution in [3.05, 3.63) is 59.7 Å². The van der Waals surface area contributed by atoms with E-state index in [1.165, 1.54) is 30.0 Å². The van der Waals surface area contributed by atoms with Crippen molar-refractivity contribution in [2.75, 3.05) is 26.2 Å². The number of thioether (sulfide) groups is 1. The highest BCUT2D eigenvalue weighted by Gasteiger charge is 2.74. The summed E-state index contributed by atoms with van der Waals surface area (Å²) in [4.78, 5) is 106. The van der Waals surface area contributed by atoms with Gasteiger partial charge >= 0.3 is 29.8 Å². The van der Waals surface area contributed by atoms with E-state index < -0.39 is 87.6 Å². The molecule has 264 valence electrons. The number of benzene rings is 2. The molecule has 2 aromatic carbocycles. The Balaban J connectivity index is 1.39. The SMILES string of the molecule is CCN1CCN(C(=O)NC(C(=O)NC2(NC=O)C(=O)N3C(C(=O)O)C(C)(COC(=O)c4ccc(O)c(O)c4)SC32)c2ccccc2)C(=O)C1=O. The second-order valence-corrected chi connectivity index (χ2v) is 13.3. The van der Waals surface area contributed by atoms with Gasteiger partial charge in [-0.25, -0.2) is 14.4 Å². The molecule has 0 radical (unpaired) electrons. The highest BCUT2D eigenvalue weighted by molar-refractivity contribution is 8.01. The second-order valence-electron chi connectivity index (χ2n) is 11.7. The van der Waals surface area contributed by atoms with Crippen molar-refractivity contribution in [3.63, 3.8) is 0 Å². The van der Waals surface area contributed by atoms with Gasteiger partial charge in [0.1, 0.15) is 24.1 Å². The molecule has 3 aliphatic heterocycles. The van der Waals surface area contributed by atoms with Crippen LogP contribution in [0.1, 0.15) is 35.8 Å². The fraction of sp³-hybridized carbons (Fsp3) is 0.355. The summed E-state index contributed by atoms with van der Waals surface area (Å²) >= 11 is 0.821. The third kappa shape index (κ3) is 6.10. The molecule has 0 aliphatic carbocycles. The van der Waals surface area contributed by atoms with E-state index in [9.17, 15) is 53.7 Å². The molecule has 5 unspecified atom stereocenters. The average molecular weight is 713 g/mol. The van der Waals surface area contributed by atoms with E-state index in [0.29, 0.717) is 4.90 Å². The molecule has 5 atom stereocenters. The van der Waals surface area contributed by atoms with Crippen LogP contribution in [0.2, 0.25) is 0 Å². The largest absolute Gasteiger partial charge is 0.504 e. The number of carboxylic acid groups (broad SMARTS) is 1. The number of carboxylic acids is 1. The molecule has 3 saturated heterocycles. The molecule has 6 N–H and O–H groups in total. The number of hydrogen-bond acceptors (Lipinski definition) is 12. The minimum atomic E-state index is -2.22. The standard InChI is InChI=1S/C31H32N6O12S/c1-3-35-11-12-36(24(43)23(35)42)29(48)33-20(16-7-5-4-6-8-16)22(41)34-31(32-15-38)27(47)37-21(25(44)45)30(2,50-28(31)37)14-49-26(46)17-9-10-18(39)19(40)13-17/h4-10,13,15,20-21,28,39-40H,3,11-12,14H2,1-2H3,(H,32,38)(H,33,48)(H,34,41)(H,44,45). The highest BCUT2D eigenvalue weighted by atomic mass is 32.2. The monoisotopic (exact) mass is 712 g/mol. The maximum absolute atomic E-state index is 14.0. The van der Waals surface area contributed by atoms with Gasteiger partial charge in [0.2, 0.25) is 18.0 Å². The zero-order valence-corrected chi connectivity index (χ0v) is 27.3. The Kier molecular flexibility index (Phi) is 9.63. The van der Waals surface area contributed by atoms with Crippen molar-refractivity contribution in [2.24, 2.45) is 0 Å². The molecule has 0 spiro atoms. The van der Waals surface area contributed by atoms with Gasteiger partial charge in [-0.15, -0.1) is 11.8 Å². The maximum atomic E-state index is 14.0. The van der Waals surface area contributed by atoms with Crippen LogP contribution in [-0.4, -0.2) is 126 Å². The summed E-state index contributed by atoms with van der Waals surface area (Å²) in [5.41, 5.74) is -2.18. The van der Waals surface area contributed by atoms with Crippen molar-refractivity contribution in [1.29, 1.82) is 0 Å². The number of amides is 7. The third-order valence-corrected chi connectivity index (χ3v) is 10.3. The van der Waals surface area contributed by atoms with Gasteiger partial charge in [-0.05, 0) is 37.6 Å². The van der Waals surface area contributed by atoms with Gasteiger partial charge in [0, 0.05) is 19.6 Å². The Morgan fingerprint density at radius 2 is 1.74 bits per heavy atom. The van der Waals surface area contributed by atoms with Gasteiger partial charge in [-0.3, -0.25) is 28.9 Å². The summed E-state index contributed by atoms with van der Waals surface area (Å²) in [5.74, 6) is -7.58. The van der Waals surface area contributed by atoms with Crippen molar-refractivity contribution in [2.45, 2.75) is 41.7 Å². The summed E-state index contributed by atoms with van der Waals surface area (Å²) in [6.45, 7) is 2.66. The first-order valence-corrected chi connectivity index (χ1v) is 16.0. The lowest BCUT2D eigenvalue weighted by molar-refractivity contribution is -0.172. The normalized spacial score (nSPS) is 24.8. The summed E-state index contributed by atoms with van der Waals surface area (Å²) < 4.78 is 3.81. The Hall–Kier alpha value is -5.85. The van der Waals surface area contributed by atoms with E-state index in [0.717, 1.165) is 28.8 Å². The fourth-order valence-electron chi connectivity index (χ4n) is 5.97. The molecule has 5 rings (SSSR count). The van der Waals surface area contributed by atoms with E-state index in [-0.39, 0.29) is 37.2 Å². The molecule has 19 heteroatoms. The van der Waals surface area contributed by atoms with Gasteiger partial charge in [0.05, 0.1) is 10.3 Å². The Morgan fingerprint density at radius 1 is 1.04 bits per heavy atom. The van der Waals surface area contributed by atoms with Crippen LogP contribution in [0.5, 0.6) is 11.5 Å². The summed E-state index contributed by atoms with van der Waals surface area (Å²) in [6.07, 6.45) is 0.131. The minimum Gasteiger partial charge on any atom is -0.504 e. The van der Waals surface area contributed by atoms with E-state index in [4.69, 9.17) is 4.74 Å². The number of β-lactam (4-membered cyclic amide) rings is 1. The van der Waals surface area contributed by atoms with Crippen molar-refractivity contribution in [3.8, 4) is 11.5 Å². The molecular formula is C31H32N6O12S. The number of esters is 1. The lowest BCUT2D eigenvalue weighted by atomic mass is 9.90. The number of rotatable bonds is 11. The number of nitrogens with one attached hydrogen (secondary N) is 3. The van der Waals surface area contributed by atoms with E-state index in [2.05, 4.69) is 16.0 Å². The van der Waals surface area contributed by atoms with Crippen LogP contribution in [0.4, 0.5) is 4.79 Å². The molecule has 50 heavy (non-hydrogen) atoms. The Labute approximate surface area is 287 Å². The number of urea groups is 1. The number of nitrogens with zero attached hydrogens (tertiary/aromatic N) is 3. The maximum Gasteiger partial charge on any atom is 0.338 e. The predicted octanol–water partition coefficient (Wildman–Crippen LogP) is -0.918. The number of carbonyl (C=O) groups excluding carboxylic acids is 7. The van der Waals surface area contributed by atoms with Crippen LogP contribution >= 0.6 is 11.8 Å². The number of imide groups is 1. The van der Waals surface area contributed by atoms with Gasteiger partial charge in [0.25, 0.3) is 5.91 Å². The zero-order chi connectivity index (χ0) is 36.5. The Bertz CT molecular complexity index is 1780. The number of aromatic hydroxyl groups is 2. The molecule has 3 heterocycles. The van der Waals surface area contributed by atoms with Crippen LogP contribution in [0.25, 0.3) is 0 Å². The second kappa shape index (κ2) is 13.6. The number of aliphatic carboxylic acids is 1. The molecule has 0 aromatic heterocycles. The Morgan fingerprint density at radius 3 is 2.36 bits per heavy atom. The van der Waals surface area contributed by atoms with Crippen LogP contribution in [0.15, 0.2) is 48.5 Å². The molecule has 0 bridgehead atoms. The number of phenolic OH excluding ortho intramolecular Hbond substituents is 2.